The zero-order valence-corrected chi connectivity index (χ0v) is 9.10. The third kappa shape index (κ3) is 1.38. The molecule has 5 heteroatoms. The van der Waals surface area contributed by atoms with Gasteiger partial charge < -0.3 is 0 Å². The van der Waals surface area contributed by atoms with Gasteiger partial charge in [0.25, 0.3) is 10.0 Å². The molecule has 3 nitrogen and oxygen atoms in total. The third-order valence-corrected chi connectivity index (χ3v) is 4.91. The monoisotopic (exact) mass is 226 g/mol. The van der Waals surface area contributed by atoms with Gasteiger partial charge in [0.2, 0.25) is 0 Å². The van der Waals surface area contributed by atoms with Crippen molar-refractivity contribution in [3.8, 4) is 0 Å². The van der Waals surface area contributed by atoms with Crippen molar-refractivity contribution in [1.29, 1.82) is 0 Å². The highest BCUT2D eigenvalue weighted by Gasteiger charge is 2.18. The van der Waals surface area contributed by atoms with E-state index in [1.165, 1.54) is 3.97 Å². The highest BCUT2D eigenvalue weighted by molar-refractivity contribution is 7.92. The van der Waals surface area contributed by atoms with Crippen LogP contribution in [-0.4, -0.2) is 12.4 Å². The number of rotatable bonds is 2. The topological polar surface area (TPSA) is 39.1 Å². The maximum atomic E-state index is 11.9. The molecule has 0 aliphatic heterocycles. The van der Waals surface area contributed by atoms with Gasteiger partial charge in [0.05, 0.1) is 0 Å². The van der Waals surface area contributed by atoms with Gasteiger partial charge in [-0.1, -0.05) is 0 Å². The van der Waals surface area contributed by atoms with Gasteiger partial charge in [0.1, 0.15) is 4.21 Å². The minimum Gasteiger partial charge on any atom is -0.246 e. The first-order valence-corrected chi connectivity index (χ1v) is 6.23. The van der Waals surface area contributed by atoms with Gasteiger partial charge in [-0.15, -0.1) is 11.3 Å². The number of nitrogens with zero attached hydrogens (tertiary/aromatic N) is 1. The molecule has 2 heterocycles. The van der Waals surface area contributed by atoms with Gasteiger partial charge in [-0.3, -0.25) is 0 Å². The lowest BCUT2D eigenvalue weighted by Gasteiger charge is -2.04. The van der Waals surface area contributed by atoms with Crippen molar-refractivity contribution in [2.45, 2.75) is 11.1 Å². The zero-order valence-electron chi connectivity index (χ0n) is 7.47. The van der Waals surface area contributed by atoms with Crippen LogP contribution in [0.25, 0.3) is 0 Å². The molecule has 0 saturated heterocycles. The molecule has 2 aromatic heterocycles. The highest BCUT2D eigenvalue weighted by atomic mass is 32.2. The summed E-state index contributed by atoms with van der Waals surface area (Å²) in [5.41, 5.74) is 0.707. The lowest BCUT2D eigenvalue weighted by atomic mass is 10.5. The van der Waals surface area contributed by atoms with E-state index in [9.17, 15) is 8.42 Å². The Morgan fingerprint density at radius 3 is 2.71 bits per heavy atom. The molecule has 0 spiro atoms. The van der Waals surface area contributed by atoms with Crippen molar-refractivity contribution in [2.75, 3.05) is 0 Å². The number of aromatic nitrogens is 1. The molecule has 0 bridgehead atoms. The van der Waals surface area contributed by atoms with Crippen molar-refractivity contribution in [3.63, 3.8) is 0 Å². The largest absolute Gasteiger partial charge is 0.277 e. The summed E-state index contributed by atoms with van der Waals surface area (Å²) in [4.78, 5) is 0. The minimum atomic E-state index is -3.38. The molecular formula is C9H8NO2S2. The number of aryl methyl sites for hydroxylation is 1. The molecule has 2 rings (SSSR count). The fourth-order valence-electron chi connectivity index (χ4n) is 1.18. The standard InChI is InChI=1S/C9H8NO2S2/c1-8-4-2-6-10(8)14(11,12)9-5-3-7-13-9/h2-6H,1H3. The molecule has 1 radical (unpaired) electrons. The second-order valence-corrected chi connectivity index (χ2v) is 5.74. The molecule has 2 aromatic rings. The van der Waals surface area contributed by atoms with Crippen LogP contribution in [-0.2, 0) is 10.0 Å². The molecule has 0 amide bonds. The molecule has 0 N–H and O–H groups in total. The Bertz CT molecular complexity index is 523. The van der Waals surface area contributed by atoms with Crippen molar-refractivity contribution in [2.24, 2.45) is 0 Å². The molecule has 73 valence electrons. The third-order valence-electron chi connectivity index (χ3n) is 1.87. The van der Waals surface area contributed by atoms with E-state index in [0.29, 0.717) is 9.90 Å². The Morgan fingerprint density at radius 2 is 2.21 bits per heavy atom. The highest BCUT2D eigenvalue weighted by Crippen LogP contribution is 2.20. The normalized spacial score (nSPS) is 11.8. The van der Waals surface area contributed by atoms with Gasteiger partial charge in [0.15, 0.2) is 0 Å². The molecule has 0 unspecified atom stereocenters. The molecule has 0 saturated carbocycles. The van der Waals surface area contributed by atoms with Crippen molar-refractivity contribution in [1.82, 2.24) is 3.97 Å². The van der Waals surface area contributed by atoms with E-state index in [-0.39, 0.29) is 0 Å². The molecule has 14 heavy (non-hydrogen) atoms. The maximum absolute atomic E-state index is 11.9. The van der Waals surface area contributed by atoms with Gasteiger partial charge in [-0.05, 0) is 31.2 Å². The molecule has 0 fully saturated rings. The Morgan fingerprint density at radius 1 is 1.43 bits per heavy atom. The Labute approximate surface area is 86.7 Å². The van der Waals surface area contributed by atoms with Crippen LogP contribution in [0.5, 0.6) is 0 Å². The van der Waals surface area contributed by atoms with Gasteiger partial charge in [-0.25, -0.2) is 3.97 Å². The first-order chi connectivity index (χ1) is 6.62. The van der Waals surface area contributed by atoms with Crippen LogP contribution in [0.3, 0.4) is 0 Å². The van der Waals surface area contributed by atoms with E-state index in [1.807, 2.05) is 0 Å². The average molecular weight is 226 g/mol. The van der Waals surface area contributed by atoms with Gasteiger partial charge in [0, 0.05) is 17.3 Å². The van der Waals surface area contributed by atoms with Gasteiger partial charge >= 0.3 is 0 Å². The van der Waals surface area contributed by atoms with E-state index in [2.05, 4.69) is 5.38 Å². The second-order valence-electron chi connectivity index (χ2n) is 2.82. The zero-order chi connectivity index (χ0) is 10.2. The fourth-order valence-corrected chi connectivity index (χ4v) is 3.48. The van der Waals surface area contributed by atoms with E-state index in [0.717, 1.165) is 11.3 Å². The van der Waals surface area contributed by atoms with Crippen molar-refractivity contribution >= 4 is 21.4 Å². The average Bonchev–Trinajstić information content (AvgIpc) is 2.72. The van der Waals surface area contributed by atoms with Crippen LogP contribution in [0, 0.1) is 12.3 Å². The molecule has 0 aliphatic carbocycles. The summed E-state index contributed by atoms with van der Waals surface area (Å²) >= 11 is 1.10. The summed E-state index contributed by atoms with van der Waals surface area (Å²) in [7, 11) is -3.38. The first-order valence-electron chi connectivity index (χ1n) is 3.98. The number of hydrogen-bond donors (Lipinski definition) is 0. The summed E-state index contributed by atoms with van der Waals surface area (Å²) in [5.74, 6) is 0. The summed E-state index contributed by atoms with van der Waals surface area (Å²) < 4.78 is 25.4. The molecule has 0 aliphatic rings. The second kappa shape index (κ2) is 3.25. The predicted molar refractivity (Wildman–Crippen MR) is 54.9 cm³/mol. The lowest BCUT2D eigenvalue weighted by Crippen LogP contribution is -2.11. The van der Waals surface area contributed by atoms with Crippen LogP contribution < -0.4 is 0 Å². The van der Waals surface area contributed by atoms with E-state index >= 15 is 0 Å². The SMILES string of the molecule is Cc1cccn1S(=O)(=O)c1cc[c]s1. The van der Waals surface area contributed by atoms with Crippen LogP contribution >= 0.6 is 11.3 Å². The smallest absolute Gasteiger partial charge is 0.246 e. The number of hydrogen-bond acceptors (Lipinski definition) is 3. The Kier molecular flexibility index (Phi) is 2.20. The van der Waals surface area contributed by atoms with Crippen LogP contribution in [0.4, 0.5) is 0 Å². The summed E-state index contributed by atoms with van der Waals surface area (Å²) in [6, 6.07) is 6.63. The van der Waals surface area contributed by atoms with Gasteiger partial charge in [-0.2, -0.15) is 8.42 Å². The molecule has 0 atom stereocenters. The Balaban J connectivity index is 2.60. The molecule has 0 aromatic carbocycles. The predicted octanol–water partition coefficient (Wildman–Crippen LogP) is 1.90. The van der Waals surface area contributed by atoms with Crippen molar-refractivity contribution < 1.29 is 8.42 Å². The summed E-state index contributed by atoms with van der Waals surface area (Å²) in [6.07, 6.45) is 1.55. The summed E-state index contributed by atoms with van der Waals surface area (Å²) in [6.45, 7) is 1.76. The maximum Gasteiger partial charge on any atom is 0.277 e. The minimum absolute atomic E-state index is 0.316. The van der Waals surface area contributed by atoms with Crippen LogP contribution in [0.2, 0.25) is 0 Å². The van der Waals surface area contributed by atoms with E-state index < -0.39 is 10.0 Å². The summed E-state index contributed by atoms with van der Waals surface area (Å²) in [5, 5.41) is 2.77. The quantitative estimate of drug-likeness (QED) is 0.784. The van der Waals surface area contributed by atoms with Crippen LogP contribution in [0.1, 0.15) is 5.69 Å². The van der Waals surface area contributed by atoms with E-state index in [1.54, 1.807) is 37.4 Å². The molecular weight excluding hydrogens is 218 g/mol. The van der Waals surface area contributed by atoms with Crippen LogP contribution in [0.15, 0.2) is 34.7 Å². The van der Waals surface area contributed by atoms with Crippen molar-refractivity contribution in [3.05, 3.63) is 41.5 Å². The number of thiophene rings is 1. The first kappa shape index (κ1) is 9.48. The fraction of sp³-hybridized carbons (Fsp3) is 0.111. The lowest BCUT2D eigenvalue weighted by molar-refractivity contribution is 0.588. The Hall–Kier alpha value is -1.07. The van der Waals surface area contributed by atoms with E-state index in [4.69, 9.17) is 0 Å².